The maximum Gasteiger partial charge on any atom is 0.309 e. The summed E-state index contributed by atoms with van der Waals surface area (Å²) in [5, 5.41) is 8.96. The highest BCUT2D eigenvalue weighted by molar-refractivity contribution is 7.86. The molecule has 0 aromatic carbocycles. The average Bonchev–Trinajstić information content (AvgIpc) is 2.19. The maximum absolute atomic E-state index is 11.9. The van der Waals surface area contributed by atoms with E-state index in [4.69, 9.17) is 5.11 Å². The number of nitrogens with zero attached hydrogens (tertiary/aromatic N) is 3. The van der Waals surface area contributed by atoms with Crippen LogP contribution in [0.25, 0.3) is 0 Å². The van der Waals surface area contributed by atoms with Crippen molar-refractivity contribution in [1.82, 2.24) is 13.5 Å². The lowest BCUT2D eigenvalue weighted by Gasteiger charge is -2.36. The number of hydrogen-bond acceptors (Lipinski definition) is 4. The number of likely N-dealkylation sites (N-methyl/N-ethyl adjacent to an activating group) is 1. The van der Waals surface area contributed by atoms with Crippen LogP contribution < -0.4 is 0 Å². The Hall–Kier alpha value is -0.700. The highest BCUT2D eigenvalue weighted by Crippen LogP contribution is 2.18. The molecule has 1 rings (SSSR count). The molecule has 17 heavy (non-hydrogen) atoms. The fraction of sp³-hybridized carbons (Fsp3) is 0.889. The second-order valence-electron chi connectivity index (χ2n) is 4.48. The molecule has 0 amide bonds. The Morgan fingerprint density at radius 1 is 1.41 bits per heavy atom. The van der Waals surface area contributed by atoms with Crippen molar-refractivity contribution in [1.29, 1.82) is 0 Å². The van der Waals surface area contributed by atoms with Crippen molar-refractivity contribution in [3.63, 3.8) is 0 Å². The van der Waals surface area contributed by atoms with Gasteiger partial charge in [0.05, 0.1) is 5.92 Å². The van der Waals surface area contributed by atoms with Crippen LogP contribution in [0.5, 0.6) is 0 Å². The minimum Gasteiger partial charge on any atom is -0.481 e. The first-order chi connectivity index (χ1) is 7.75. The van der Waals surface area contributed by atoms with Crippen LogP contribution in [-0.2, 0) is 15.0 Å². The third kappa shape index (κ3) is 3.38. The van der Waals surface area contributed by atoms with Crippen LogP contribution in [0, 0.1) is 5.92 Å². The van der Waals surface area contributed by atoms with E-state index in [0.717, 1.165) is 4.31 Å². The second-order valence-corrected chi connectivity index (χ2v) is 6.52. The van der Waals surface area contributed by atoms with Gasteiger partial charge < -0.3 is 10.0 Å². The van der Waals surface area contributed by atoms with Crippen LogP contribution >= 0.6 is 0 Å². The summed E-state index contributed by atoms with van der Waals surface area (Å²) in [6, 6.07) is 0. The van der Waals surface area contributed by atoms with Gasteiger partial charge in [-0.25, -0.2) is 0 Å². The topological polar surface area (TPSA) is 81.2 Å². The summed E-state index contributed by atoms with van der Waals surface area (Å²) in [6.07, 6.45) is 0. The largest absolute Gasteiger partial charge is 0.481 e. The Labute approximate surface area is 102 Å². The first-order valence-corrected chi connectivity index (χ1v) is 6.73. The molecule has 0 spiro atoms. The van der Waals surface area contributed by atoms with E-state index in [1.54, 1.807) is 0 Å². The molecule has 1 aliphatic rings. The second kappa shape index (κ2) is 5.30. The van der Waals surface area contributed by atoms with Gasteiger partial charge in [0.2, 0.25) is 0 Å². The Kier molecular flexibility index (Phi) is 4.48. The van der Waals surface area contributed by atoms with E-state index in [2.05, 4.69) is 0 Å². The lowest BCUT2D eigenvalue weighted by atomic mass is 10.1. The molecule has 1 aliphatic heterocycles. The summed E-state index contributed by atoms with van der Waals surface area (Å²) >= 11 is 0. The smallest absolute Gasteiger partial charge is 0.309 e. The van der Waals surface area contributed by atoms with E-state index in [1.807, 2.05) is 19.0 Å². The number of rotatable bonds is 4. The van der Waals surface area contributed by atoms with Gasteiger partial charge in [0.15, 0.2) is 0 Å². The minimum absolute atomic E-state index is 0.0378. The third-order valence-corrected chi connectivity index (χ3v) is 4.69. The average molecular weight is 265 g/mol. The van der Waals surface area contributed by atoms with Crippen LogP contribution in [0.15, 0.2) is 0 Å². The van der Waals surface area contributed by atoms with Crippen LogP contribution in [0.1, 0.15) is 0 Å². The number of carbonyl (C=O) groups is 1. The Bertz CT molecular complexity index is 382. The van der Waals surface area contributed by atoms with Crippen molar-refractivity contribution in [2.75, 3.05) is 47.3 Å². The molecular weight excluding hydrogens is 246 g/mol. The zero-order chi connectivity index (χ0) is 13.2. The number of aliphatic carboxylic acids is 1. The van der Waals surface area contributed by atoms with Gasteiger partial charge in [0.25, 0.3) is 10.2 Å². The summed E-state index contributed by atoms with van der Waals surface area (Å²) in [6.45, 7) is 0.967. The Morgan fingerprint density at radius 2 is 2.00 bits per heavy atom. The monoisotopic (exact) mass is 265 g/mol. The van der Waals surface area contributed by atoms with E-state index >= 15 is 0 Å². The van der Waals surface area contributed by atoms with Crippen molar-refractivity contribution in [3.05, 3.63) is 0 Å². The number of hydrogen-bond donors (Lipinski definition) is 1. The standard InChI is InChI=1S/C9H19N3O4S/c1-10(2)4-5-12-7-8(9(13)14)6-11(3)17(12,15)16/h8H,4-7H2,1-3H3,(H,13,14). The maximum atomic E-state index is 11.9. The molecule has 0 saturated carbocycles. The highest BCUT2D eigenvalue weighted by Gasteiger charge is 2.38. The summed E-state index contributed by atoms with van der Waals surface area (Å²) in [7, 11) is 1.61. The molecule has 1 fully saturated rings. The van der Waals surface area contributed by atoms with E-state index in [-0.39, 0.29) is 13.1 Å². The van der Waals surface area contributed by atoms with E-state index in [1.165, 1.54) is 11.4 Å². The molecule has 1 saturated heterocycles. The lowest BCUT2D eigenvalue weighted by Crippen LogP contribution is -2.55. The summed E-state index contributed by atoms with van der Waals surface area (Å²) < 4.78 is 26.2. The normalized spacial score (nSPS) is 26.2. The predicted octanol–water partition coefficient (Wildman–Crippen LogP) is -1.26. The van der Waals surface area contributed by atoms with Crippen molar-refractivity contribution in [2.24, 2.45) is 5.92 Å². The molecule has 1 heterocycles. The molecule has 1 atom stereocenters. The lowest BCUT2D eigenvalue weighted by molar-refractivity contribution is -0.142. The van der Waals surface area contributed by atoms with Gasteiger partial charge in [-0.3, -0.25) is 4.79 Å². The van der Waals surface area contributed by atoms with Gasteiger partial charge in [-0.05, 0) is 14.1 Å². The van der Waals surface area contributed by atoms with Gasteiger partial charge in [-0.1, -0.05) is 0 Å². The van der Waals surface area contributed by atoms with Crippen LogP contribution in [0.2, 0.25) is 0 Å². The minimum atomic E-state index is -3.49. The SMILES string of the molecule is CN(C)CCN1CC(C(=O)O)CN(C)S1(=O)=O. The molecule has 8 heteroatoms. The van der Waals surface area contributed by atoms with E-state index < -0.39 is 22.1 Å². The molecule has 7 nitrogen and oxygen atoms in total. The molecule has 0 aliphatic carbocycles. The molecule has 0 radical (unpaired) electrons. The zero-order valence-electron chi connectivity index (χ0n) is 10.3. The van der Waals surface area contributed by atoms with Crippen LogP contribution in [0.4, 0.5) is 0 Å². The zero-order valence-corrected chi connectivity index (χ0v) is 11.1. The Balaban J connectivity index is 2.79. The van der Waals surface area contributed by atoms with Crippen molar-refractivity contribution >= 4 is 16.2 Å². The first kappa shape index (κ1) is 14.4. The van der Waals surface area contributed by atoms with Gasteiger partial charge in [-0.15, -0.1) is 0 Å². The third-order valence-electron chi connectivity index (χ3n) is 2.77. The molecule has 1 unspecified atom stereocenters. The van der Waals surface area contributed by atoms with Crippen molar-refractivity contribution in [3.8, 4) is 0 Å². The first-order valence-electron chi connectivity index (χ1n) is 5.34. The molecular formula is C9H19N3O4S. The van der Waals surface area contributed by atoms with Crippen LogP contribution in [0.3, 0.4) is 0 Å². The highest BCUT2D eigenvalue weighted by atomic mass is 32.2. The fourth-order valence-electron chi connectivity index (χ4n) is 1.67. The molecule has 0 aromatic rings. The van der Waals surface area contributed by atoms with Gasteiger partial charge in [-0.2, -0.15) is 17.0 Å². The van der Waals surface area contributed by atoms with Crippen molar-refractivity contribution in [2.45, 2.75) is 0 Å². The predicted molar refractivity (Wildman–Crippen MR) is 62.8 cm³/mol. The summed E-state index contributed by atoms with van der Waals surface area (Å²) in [5.41, 5.74) is 0. The molecule has 0 aromatic heterocycles. The quantitative estimate of drug-likeness (QED) is 0.686. The molecule has 100 valence electrons. The molecule has 1 N–H and O–H groups in total. The fourth-order valence-corrected chi connectivity index (χ4v) is 3.12. The van der Waals surface area contributed by atoms with Crippen LogP contribution in [-0.4, -0.2) is 80.3 Å². The summed E-state index contributed by atoms with van der Waals surface area (Å²) in [5.74, 6) is -1.62. The number of carboxylic acid groups (broad SMARTS) is 1. The van der Waals surface area contributed by atoms with Gasteiger partial charge >= 0.3 is 5.97 Å². The Morgan fingerprint density at radius 3 is 2.47 bits per heavy atom. The van der Waals surface area contributed by atoms with Crippen molar-refractivity contribution < 1.29 is 18.3 Å². The summed E-state index contributed by atoms with van der Waals surface area (Å²) in [4.78, 5) is 12.8. The number of carboxylic acids is 1. The van der Waals surface area contributed by atoms with E-state index in [0.29, 0.717) is 13.1 Å². The van der Waals surface area contributed by atoms with Gasteiger partial charge in [0, 0.05) is 33.2 Å². The molecule has 0 bridgehead atoms. The van der Waals surface area contributed by atoms with E-state index in [9.17, 15) is 13.2 Å². The van der Waals surface area contributed by atoms with Gasteiger partial charge in [0.1, 0.15) is 0 Å².